The van der Waals surface area contributed by atoms with E-state index in [4.69, 9.17) is 11.6 Å². The third-order valence-corrected chi connectivity index (χ3v) is 4.57. The van der Waals surface area contributed by atoms with Gasteiger partial charge in [-0.05, 0) is 57.9 Å². The van der Waals surface area contributed by atoms with E-state index in [0.717, 1.165) is 29.7 Å². The summed E-state index contributed by atoms with van der Waals surface area (Å²) in [6.07, 6.45) is 0. The lowest BCUT2D eigenvalue weighted by Gasteiger charge is -2.10. The van der Waals surface area contributed by atoms with Crippen molar-refractivity contribution in [2.24, 2.45) is 0 Å². The molecule has 1 N–H and O–H groups in total. The van der Waals surface area contributed by atoms with Crippen LogP contribution in [-0.4, -0.2) is 0 Å². The first-order chi connectivity index (χ1) is 8.56. The monoisotopic (exact) mass is 451 g/mol. The first-order valence-electron chi connectivity index (χ1n) is 5.19. The molecule has 0 radical (unpaired) electrons. The molecule has 2 aromatic rings. The van der Waals surface area contributed by atoms with Crippen molar-refractivity contribution in [1.29, 1.82) is 0 Å². The number of nitrogens with one attached hydrogen (secondary N) is 1. The third-order valence-electron chi connectivity index (χ3n) is 2.41. The van der Waals surface area contributed by atoms with Gasteiger partial charge in [0.15, 0.2) is 0 Å². The highest BCUT2D eigenvalue weighted by atomic mass is 79.9. The number of benzene rings is 2. The zero-order chi connectivity index (χ0) is 13.1. The molecule has 0 heterocycles. The first-order valence-corrected chi connectivity index (χ1v) is 7.95. The van der Waals surface area contributed by atoms with E-state index in [2.05, 4.69) is 53.1 Å². The lowest BCUT2D eigenvalue weighted by molar-refractivity contribution is 1.13. The third kappa shape index (κ3) is 3.73. The number of anilines is 1. The Morgan fingerprint density at radius 2 is 1.72 bits per heavy atom. The fourth-order valence-corrected chi connectivity index (χ4v) is 3.27. The van der Waals surface area contributed by atoms with Crippen LogP contribution >= 0.6 is 59.4 Å². The van der Waals surface area contributed by atoms with E-state index in [-0.39, 0.29) is 0 Å². The van der Waals surface area contributed by atoms with Gasteiger partial charge in [0.05, 0.1) is 0 Å². The summed E-state index contributed by atoms with van der Waals surface area (Å²) in [7, 11) is 0. The molecule has 0 amide bonds. The summed E-state index contributed by atoms with van der Waals surface area (Å²) in [5.74, 6) is 0. The van der Waals surface area contributed by atoms with Crippen molar-refractivity contribution in [2.45, 2.75) is 6.54 Å². The molecule has 0 spiro atoms. The maximum Gasteiger partial charge on any atom is 0.0488 e. The molecule has 2 rings (SSSR count). The smallest absolute Gasteiger partial charge is 0.0488 e. The van der Waals surface area contributed by atoms with Crippen molar-refractivity contribution in [3.05, 3.63) is 60.4 Å². The fourth-order valence-electron chi connectivity index (χ4n) is 1.50. The second-order valence-electron chi connectivity index (χ2n) is 3.71. The van der Waals surface area contributed by atoms with Gasteiger partial charge in [-0.25, -0.2) is 0 Å². The molecule has 0 unspecified atom stereocenters. The van der Waals surface area contributed by atoms with Crippen LogP contribution in [-0.2, 0) is 6.54 Å². The van der Waals surface area contributed by atoms with E-state index >= 15 is 0 Å². The van der Waals surface area contributed by atoms with Crippen LogP contribution in [0.1, 0.15) is 5.56 Å². The van der Waals surface area contributed by atoms with E-state index in [9.17, 15) is 0 Å². The summed E-state index contributed by atoms with van der Waals surface area (Å²) in [5, 5.41) is 4.11. The van der Waals surface area contributed by atoms with Gasteiger partial charge in [-0.1, -0.05) is 43.5 Å². The largest absolute Gasteiger partial charge is 0.380 e. The van der Waals surface area contributed by atoms with Crippen molar-refractivity contribution in [3.8, 4) is 0 Å². The number of hydrogen-bond donors (Lipinski definition) is 1. The summed E-state index contributed by atoms with van der Waals surface area (Å²) in [6, 6.07) is 11.8. The molecule has 18 heavy (non-hydrogen) atoms. The number of halogens is 4. The van der Waals surface area contributed by atoms with Crippen molar-refractivity contribution in [2.75, 3.05) is 5.32 Å². The Hall–Kier alpha value is -0.0300. The van der Waals surface area contributed by atoms with Crippen LogP contribution in [0.3, 0.4) is 0 Å². The number of rotatable bonds is 3. The standard InChI is InChI=1S/C13H9Br3ClN/c14-9-1-4-13(12(16)6-9)18-7-8-5-10(17)2-3-11(8)15/h1-6,18H,7H2. The van der Waals surface area contributed by atoms with Crippen LogP contribution in [0.4, 0.5) is 5.69 Å². The van der Waals surface area contributed by atoms with Crippen LogP contribution in [0.25, 0.3) is 0 Å². The van der Waals surface area contributed by atoms with Gasteiger partial charge in [-0.2, -0.15) is 0 Å². The highest BCUT2D eigenvalue weighted by molar-refractivity contribution is 9.11. The molecule has 0 saturated carbocycles. The SMILES string of the molecule is Clc1ccc(Br)c(CNc2ccc(Br)cc2Br)c1. The predicted octanol–water partition coefficient (Wildman–Crippen LogP) is 6.24. The van der Waals surface area contributed by atoms with E-state index in [1.165, 1.54) is 0 Å². The summed E-state index contributed by atoms with van der Waals surface area (Å²) in [6.45, 7) is 0.710. The molecule has 94 valence electrons. The van der Waals surface area contributed by atoms with Crippen molar-refractivity contribution >= 4 is 65.1 Å². The molecule has 0 fully saturated rings. The molecular weight excluding hydrogens is 445 g/mol. The summed E-state index contributed by atoms with van der Waals surface area (Å²) < 4.78 is 3.12. The predicted molar refractivity (Wildman–Crippen MR) is 88.3 cm³/mol. The fraction of sp³-hybridized carbons (Fsp3) is 0.0769. The second-order valence-corrected chi connectivity index (χ2v) is 6.77. The zero-order valence-electron chi connectivity index (χ0n) is 9.18. The molecule has 0 atom stereocenters. The van der Waals surface area contributed by atoms with Gasteiger partial charge in [-0.15, -0.1) is 0 Å². The van der Waals surface area contributed by atoms with Crippen LogP contribution in [0.5, 0.6) is 0 Å². The van der Waals surface area contributed by atoms with Crippen LogP contribution < -0.4 is 5.32 Å². The number of hydrogen-bond acceptors (Lipinski definition) is 1. The molecular formula is C13H9Br3ClN. The minimum atomic E-state index is 0.710. The Balaban J connectivity index is 2.13. The summed E-state index contributed by atoms with van der Waals surface area (Å²) in [5.41, 5.74) is 2.17. The molecule has 0 saturated heterocycles. The van der Waals surface area contributed by atoms with Gasteiger partial charge in [0, 0.05) is 30.7 Å². The molecule has 1 nitrogen and oxygen atoms in total. The molecule has 2 aromatic carbocycles. The van der Waals surface area contributed by atoms with E-state index in [1.54, 1.807) is 0 Å². The topological polar surface area (TPSA) is 12.0 Å². The van der Waals surface area contributed by atoms with Crippen molar-refractivity contribution in [3.63, 3.8) is 0 Å². The van der Waals surface area contributed by atoms with Crippen molar-refractivity contribution < 1.29 is 0 Å². The van der Waals surface area contributed by atoms with Gasteiger partial charge in [0.1, 0.15) is 0 Å². The Kier molecular flexibility index (Phi) is 5.13. The molecule has 0 aliphatic rings. The quantitative estimate of drug-likeness (QED) is 0.579. The second kappa shape index (κ2) is 6.42. The van der Waals surface area contributed by atoms with Crippen LogP contribution in [0, 0.1) is 0 Å². The summed E-state index contributed by atoms with van der Waals surface area (Å²) in [4.78, 5) is 0. The minimum Gasteiger partial charge on any atom is -0.380 e. The highest BCUT2D eigenvalue weighted by Crippen LogP contribution is 2.28. The highest BCUT2D eigenvalue weighted by Gasteiger charge is 2.03. The maximum absolute atomic E-state index is 5.99. The van der Waals surface area contributed by atoms with Gasteiger partial charge in [0.25, 0.3) is 0 Å². The van der Waals surface area contributed by atoms with Gasteiger partial charge in [-0.3, -0.25) is 0 Å². The normalized spacial score (nSPS) is 10.4. The minimum absolute atomic E-state index is 0.710. The van der Waals surface area contributed by atoms with Gasteiger partial charge < -0.3 is 5.32 Å². The average molecular weight is 454 g/mol. The van der Waals surface area contributed by atoms with Crippen LogP contribution in [0.15, 0.2) is 49.8 Å². The Labute approximate surface area is 136 Å². The van der Waals surface area contributed by atoms with Crippen LogP contribution in [0.2, 0.25) is 5.02 Å². The maximum atomic E-state index is 5.99. The molecule has 0 aliphatic carbocycles. The lowest BCUT2D eigenvalue weighted by Crippen LogP contribution is -2.00. The molecule has 5 heteroatoms. The van der Waals surface area contributed by atoms with E-state index in [0.29, 0.717) is 6.54 Å². The Morgan fingerprint density at radius 3 is 2.44 bits per heavy atom. The molecule has 0 aromatic heterocycles. The summed E-state index contributed by atoms with van der Waals surface area (Å²) >= 11 is 16.5. The van der Waals surface area contributed by atoms with E-state index in [1.807, 2.05) is 36.4 Å². The molecule has 0 bridgehead atoms. The zero-order valence-corrected chi connectivity index (χ0v) is 14.7. The van der Waals surface area contributed by atoms with Gasteiger partial charge >= 0.3 is 0 Å². The van der Waals surface area contributed by atoms with Gasteiger partial charge in [0.2, 0.25) is 0 Å². The Morgan fingerprint density at radius 1 is 0.944 bits per heavy atom. The van der Waals surface area contributed by atoms with Crippen molar-refractivity contribution in [1.82, 2.24) is 0 Å². The average Bonchev–Trinajstić information content (AvgIpc) is 2.32. The Bertz CT molecular complexity index is 572. The van der Waals surface area contributed by atoms with E-state index < -0.39 is 0 Å². The first kappa shape index (κ1) is 14.4. The lowest BCUT2D eigenvalue weighted by atomic mass is 10.2. The molecule has 0 aliphatic heterocycles.